The summed E-state index contributed by atoms with van der Waals surface area (Å²) < 4.78 is 17.1. The van der Waals surface area contributed by atoms with Gasteiger partial charge < -0.3 is 19.7 Å². The number of nitrogens with two attached hydrogens (primary N) is 1. The first-order valence-electron chi connectivity index (χ1n) is 7.48. The Morgan fingerprint density at radius 2 is 2.00 bits per heavy atom. The van der Waals surface area contributed by atoms with Crippen LogP contribution < -0.4 is 15.3 Å². The number of nitrogen functional groups attached to an aromatic ring is 1. The molecule has 0 fully saturated rings. The van der Waals surface area contributed by atoms with Gasteiger partial charge in [-0.25, -0.2) is 4.68 Å². The Balaban J connectivity index is 1.56. The fourth-order valence-corrected chi connectivity index (χ4v) is 2.63. The molecule has 0 atom stereocenters. The van der Waals surface area contributed by atoms with Crippen molar-refractivity contribution in [1.29, 1.82) is 0 Å². The van der Waals surface area contributed by atoms with Gasteiger partial charge >= 0.3 is 5.97 Å². The van der Waals surface area contributed by atoms with Gasteiger partial charge in [-0.1, -0.05) is 11.8 Å². The van der Waals surface area contributed by atoms with Gasteiger partial charge in [-0.15, -0.1) is 10.2 Å². The molecule has 25 heavy (non-hydrogen) atoms. The minimum Gasteiger partial charge on any atom is -0.494 e. The fraction of sp³-hybridized carbons (Fsp3) is 0.188. The van der Waals surface area contributed by atoms with Crippen LogP contribution in [0.15, 0.2) is 52.2 Å². The van der Waals surface area contributed by atoms with Crippen LogP contribution in [0, 0.1) is 0 Å². The molecule has 0 saturated carbocycles. The highest BCUT2D eigenvalue weighted by Gasteiger charge is 2.16. The number of ether oxygens (including phenoxy) is 2. The van der Waals surface area contributed by atoms with Gasteiger partial charge in [0.15, 0.2) is 5.76 Å². The first-order chi connectivity index (χ1) is 12.2. The Bertz CT molecular complexity index is 830. The zero-order valence-corrected chi connectivity index (χ0v) is 14.2. The summed E-state index contributed by atoms with van der Waals surface area (Å²) in [5.41, 5.74) is 0. The van der Waals surface area contributed by atoms with Gasteiger partial charge in [-0.05, 0) is 43.3 Å². The SMILES string of the molecule is CCOc1ccc(OC(=O)CSc2nnc(-c3ccco3)n2N)cc1. The van der Waals surface area contributed by atoms with E-state index in [9.17, 15) is 4.79 Å². The van der Waals surface area contributed by atoms with Gasteiger partial charge in [0.2, 0.25) is 11.0 Å². The molecule has 3 rings (SSSR count). The Hall–Kier alpha value is -2.94. The largest absolute Gasteiger partial charge is 0.494 e. The van der Waals surface area contributed by atoms with Crippen LogP contribution in [0.3, 0.4) is 0 Å². The minimum absolute atomic E-state index is 0.0424. The number of thioether (sulfide) groups is 1. The van der Waals surface area contributed by atoms with Crippen LogP contribution >= 0.6 is 11.8 Å². The molecule has 3 aromatic rings. The molecule has 0 bridgehead atoms. The quantitative estimate of drug-likeness (QED) is 0.296. The summed E-state index contributed by atoms with van der Waals surface area (Å²) in [6.07, 6.45) is 1.52. The van der Waals surface area contributed by atoms with Gasteiger partial charge in [0.05, 0.1) is 18.6 Å². The maximum absolute atomic E-state index is 12.0. The minimum atomic E-state index is -0.420. The number of furan rings is 1. The maximum Gasteiger partial charge on any atom is 0.321 e. The zero-order valence-electron chi connectivity index (χ0n) is 13.4. The van der Waals surface area contributed by atoms with Crippen LogP contribution in [-0.2, 0) is 4.79 Å². The molecule has 0 radical (unpaired) electrons. The van der Waals surface area contributed by atoms with Crippen molar-refractivity contribution < 1.29 is 18.7 Å². The molecule has 0 aliphatic rings. The normalized spacial score (nSPS) is 10.6. The van der Waals surface area contributed by atoms with E-state index in [1.165, 1.54) is 10.9 Å². The lowest BCUT2D eigenvalue weighted by Crippen LogP contribution is -2.14. The molecule has 0 aliphatic heterocycles. The van der Waals surface area contributed by atoms with Crippen molar-refractivity contribution in [3.8, 4) is 23.1 Å². The molecular formula is C16H16N4O4S. The van der Waals surface area contributed by atoms with Crippen molar-refractivity contribution in [3.63, 3.8) is 0 Å². The second kappa shape index (κ2) is 7.75. The molecule has 1 aromatic carbocycles. The second-order valence-corrected chi connectivity index (χ2v) is 5.76. The molecule has 130 valence electrons. The average Bonchev–Trinajstić information content (AvgIpc) is 3.25. The van der Waals surface area contributed by atoms with E-state index in [1.807, 2.05) is 6.92 Å². The maximum atomic E-state index is 12.0. The molecule has 0 saturated heterocycles. The van der Waals surface area contributed by atoms with Crippen molar-refractivity contribution in [3.05, 3.63) is 42.7 Å². The molecule has 9 heteroatoms. The molecular weight excluding hydrogens is 344 g/mol. The Kier molecular flexibility index (Phi) is 5.24. The lowest BCUT2D eigenvalue weighted by molar-refractivity contribution is -0.131. The second-order valence-electron chi connectivity index (χ2n) is 4.82. The summed E-state index contributed by atoms with van der Waals surface area (Å²) in [5, 5.41) is 8.29. The number of nitrogens with zero attached hydrogens (tertiary/aromatic N) is 3. The van der Waals surface area contributed by atoms with Gasteiger partial charge in [0.1, 0.15) is 11.5 Å². The van der Waals surface area contributed by atoms with Crippen LogP contribution in [0.5, 0.6) is 11.5 Å². The van der Waals surface area contributed by atoms with Gasteiger partial charge in [0, 0.05) is 0 Å². The highest BCUT2D eigenvalue weighted by molar-refractivity contribution is 7.99. The Morgan fingerprint density at radius 3 is 2.68 bits per heavy atom. The number of benzene rings is 1. The summed E-state index contributed by atoms with van der Waals surface area (Å²) >= 11 is 1.13. The topological polar surface area (TPSA) is 105 Å². The van der Waals surface area contributed by atoms with Crippen molar-refractivity contribution in [1.82, 2.24) is 14.9 Å². The average molecular weight is 360 g/mol. The van der Waals surface area contributed by atoms with Crippen molar-refractivity contribution >= 4 is 17.7 Å². The first kappa shape index (κ1) is 16.9. The monoisotopic (exact) mass is 360 g/mol. The lowest BCUT2D eigenvalue weighted by Gasteiger charge is -2.06. The van der Waals surface area contributed by atoms with E-state index >= 15 is 0 Å². The number of hydrogen-bond donors (Lipinski definition) is 1. The predicted molar refractivity (Wildman–Crippen MR) is 91.8 cm³/mol. The molecule has 0 aliphatic carbocycles. The van der Waals surface area contributed by atoms with Gasteiger partial charge in [0.25, 0.3) is 0 Å². The molecule has 0 unspecified atom stereocenters. The van der Waals surface area contributed by atoms with E-state index < -0.39 is 5.97 Å². The molecule has 8 nitrogen and oxygen atoms in total. The van der Waals surface area contributed by atoms with Crippen LogP contribution in [0.2, 0.25) is 0 Å². The fourth-order valence-electron chi connectivity index (χ4n) is 2.00. The zero-order chi connectivity index (χ0) is 17.6. The molecule has 0 spiro atoms. The highest BCUT2D eigenvalue weighted by Crippen LogP contribution is 2.22. The van der Waals surface area contributed by atoms with Crippen molar-refractivity contribution in [2.75, 3.05) is 18.2 Å². The molecule has 2 heterocycles. The third-order valence-corrected chi connectivity index (χ3v) is 4.01. The number of rotatable bonds is 7. The Morgan fingerprint density at radius 1 is 1.24 bits per heavy atom. The summed E-state index contributed by atoms with van der Waals surface area (Å²) in [4.78, 5) is 12.0. The highest BCUT2D eigenvalue weighted by atomic mass is 32.2. The first-order valence-corrected chi connectivity index (χ1v) is 8.46. The summed E-state index contributed by atoms with van der Waals surface area (Å²) in [6.45, 7) is 2.48. The van der Waals surface area contributed by atoms with Gasteiger partial charge in [-0.3, -0.25) is 4.79 Å². The van der Waals surface area contributed by atoms with Crippen molar-refractivity contribution in [2.45, 2.75) is 12.1 Å². The standard InChI is InChI=1S/C16H16N4O4S/c1-2-22-11-5-7-12(8-6-11)24-14(21)10-25-16-19-18-15(20(16)17)13-4-3-9-23-13/h3-9H,2,10,17H2,1H3. The summed E-state index contributed by atoms with van der Waals surface area (Å²) in [5.74, 6) is 7.59. The number of carbonyl (C=O) groups is 1. The van der Waals surface area contributed by atoms with Crippen molar-refractivity contribution in [2.24, 2.45) is 0 Å². The lowest BCUT2D eigenvalue weighted by atomic mass is 10.3. The Labute approximate surface area is 147 Å². The van der Waals surface area contributed by atoms with E-state index in [0.717, 1.165) is 17.5 Å². The smallest absolute Gasteiger partial charge is 0.321 e. The van der Waals surface area contributed by atoms with E-state index in [2.05, 4.69) is 10.2 Å². The summed E-state index contributed by atoms with van der Waals surface area (Å²) in [7, 11) is 0. The third-order valence-electron chi connectivity index (χ3n) is 3.09. The third kappa shape index (κ3) is 4.13. The van der Waals surface area contributed by atoms with Crippen LogP contribution in [0.4, 0.5) is 0 Å². The number of carbonyl (C=O) groups excluding carboxylic acids is 1. The van der Waals surface area contributed by atoms with E-state index in [0.29, 0.717) is 29.1 Å². The van der Waals surface area contributed by atoms with E-state index in [-0.39, 0.29) is 5.75 Å². The molecule has 2 aromatic heterocycles. The van der Waals surface area contributed by atoms with E-state index in [4.69, 9.17) is 19.7 Å². The number of aromatic nitrogens is 3. The van der Waals surface area contributed by atoms with Crippen LogP contribution in [-0.4, -0.2) is 33.2 Å². The van der Waals surface area contributed by atoms with E-state index in [1.54, 1.807) is 36.4 Å². The van der Waals surface area contributed by atoms with Crippen LogP contribution in [0.25, 0.3) is 11.6 Å². The molecule has 2 N–H and O–H groups in total. The molecule has 0 amide bonds. The predicted octanol–water partition coefficient (Wildman–Crippen LogP) is 2.35. The number of hydrogen-bond acceptors (Lipinski definition) is 8. The number of esters is 1. The van der Waals surface area contributed by atoms with Gasteiger partial charge in [-0.2, -0.15) is 0 Å². The summed E-state index contributed by atoms with van der Waals surface area (Å²) in [6, 6.07) is 10.3. The van der Waals surface area contributed by atoms with Crippen LogP contribution in [0.1, 0.15) is 6.92 Å².